The highest BCUT2D eigenvalue weighted by atomic mass is 19.1. The lowest BCUT2D eigenvalue weighted by atomic mass is 9.89. The summed E-state index contributed by atoms with van der Waals surface area (Å²) in [4.78, 5) is 45.7. The van der Waals surface area contributed by atoms with Gasteiger partial charge in [0.05, 0.1) is 13.3 Å². The molecular formula is C22H24FN5O4. The fraction of sp³-hybridized carbons (Fsp3) is 0.409. The van der Waals surface area contributed by atoms with Gasteiger partial charge in [-0.05, 0) is 25.3 Å². The number of hydrogen-bond donors (Lipinski definition) is 1. The quantitative estimate of drug-likeness (QED) is 0.562. The van der Waals surface area contributed by atoms with Gasteiger partial charge in [0.15, 0.2) is 5.78 Å². The molecule has 1 aliphatic heterocycles. The maximum atomic E-state index is 13.3. The Balaban J connectivity index is 1.25. The van der Waals surface area contributed by atoms with Crippen molar-refractivity contribution in [2.75, 3.05) is 20.2 Å². The normalized spacial score (nSPS) is 14.6. The molecule has 10 heteroatoms. The minimum absolute atomic E-state index is 0.0115. The van der Waals surface area contributed by atoms with Gasteiger partial charge in [0.2, 0.25) is 11.8 Å². The van der Waals surface area contributed by atoms with Crippen LogP contribution in [0.3, 0.4) is 0 Å². The number of carbonyl (C=O) groups excluding carboxylic acids is 2. The Morgan fingerprint density at radius 3 is 2.75 bits per heavy atom. The molecule has 1 fully saturated rings. The molecule has 1 aliphatic rings. The molecule has 1 saturated heterocycles. The highest BCUT2D eigenvalue weighted by molar-refractivity contribution is 5.97. The fourth-order valence-corrected chi connectivity index (χ4v) is 3.97. The number of aryl methyl sites for hydroxylation is 1. The van der Waals surface area contributed by atoms with Crippen molar-refractivity contribution in [2.24, 2.45) is 5.92 Å². The summed E-state index contributed by atoms with van der Waals surface area (Å²) in [6, 6.07) is 4.50. The average Bonchev–Trinajstić information content (AvgIpc) is 3.19. The summed E-state index contributed by atoms with van der Waals surface area (Å²) in [5.41, 5.74) is 0.283. The summed E-state index contributed by atoms with van der Waals surface area (Å²) in [7, 11) is 1.52. The van der Waals surface area contributed by atoms with Crippen molar-refractivity contribution in [1.82, 2.24) is 24.5 Å². The first kappa shape index (κ1) is 21.7. The van der Waals surface area contributed by atoms with Crippen LogP contribution in [0.25, 0.3) is 5.52 Å². The van der Waals surface area contributed by atoms with E-state index in [1.165, 1.54) is 17.8 Å². The molecule has 1 amide bonds. The highest BCUT2D eigenvalue weighted by Gasteiger charge is 2.28. The number of H-pyrrole nitrogens is 1. The molecular weight excluding hydrogens is 417 g/mol. The Kier molecular flexibility index (Phi) is 6.29. The first-order chi connectivity index (χ1) is 15.4. The standard InChI is InChI=1S/C22H24FN5O4/c1-32-19-6-5-15(12-24-19)21(30)14-7-9-27(10-8-14)20(29)4-2-3-18-25-22(31)17-11-16(23)13-28(17)26-18/h5-6,11-14H,2-4,7-10H2,1H3,(H,25,26,31). The highest BCUT2D eigenvalue weighted by Crippen LogP contribution is 2.23. The predicted octanol–water partition coefficient (Wildman–Crippen LogP) is 2.01. The van der Waals surface area contributed by atoms with Crippen LogP contribution in [-0.2, 0) is 11.2 Å². The molecule has 3 aromatic heterocycles. The second-order valence-corrected chi connectivity index (χ2v) is 7.85. The molecule has 0 radical (unpaired) electrons. The predicted molar refractivity (Wildman–Crippen MR) is 113 cm³/mol. The van der Waals surface area contributed by atoms with E-state index >= 15 is 0 Å². The number of halogens is 1. The molecule has 32 heavy (non-hydrogen) atoms. The fourth-order valence-electron chi connectivity index (χ4n) is 3.97. The van der Waals surface area contributed by atoms with E-state index in [1.54, 1.807) is 17.0 Å². The van der Waals surface area contributed by atoms with Gasteiger partial charge in [-0.15, -0.1) is 0 Å². The van der Waals surface area contributed by atoms with E-state index in [0.29, 0.717) is 62.5 Å². The van der Waals surface area contributed by atoms with Crippen molar-refractivity contribution < 1.29 is 18.7 Å². The summed E-state index contributed by atoms with van der Waals surface area (Å²) >= 11 is 0. The lowest BCUT2D eigenvalue weighted by Crippen LogP contribution is -2.40. The van der Waals surface area contributed by atoms with E-state index in [2.05, 4.69) is 15.1 Å². The Labute approximate surface area is 183 Å². The Morgan fingerprint density at radius 2 is 2.06 bits per heavy atom. The second kappa shape index (κ2) is 9.29. The zero-order valence-corrected chi connectivity index (χ0v) is 17.7. The van der Waals surface area contributed by atoms with Crippen LogP contribution >= 0.6 is 0 Å². The molecule has 0 unspecified atom stereocenters. The number of aromatic amines is 1. The summed E-state index contributed by atoms with van der Waals surface area (Å²) in [5.74, 6) is 0.263. The third-order valence-corrected chi connectivity index (χ3v) is 5.74. The Hall–Kier alpha value is -3.56. The zero-order chi connectivity index (χ0) is 22.7. The number of carbonyl (C=O) groups is 2. The summed E-state index contributed by atoms with van der Waals surface area (Å²) in [5, 5.41) is 4.18. The molecule has 0 saturated carbocycles. The summed E-state index contributed by atoms with van der Waals surface area (Å²) in [6.45, 7) is 1.06. The lowest BCUT2D eigenvalue weighted by molar-refractivity contribution is -0.132. The molecule has 168 valence electrons. The number of nitrogens with zero attached hydrogens (tertiary/aromatic N) is 4. The molecule has 1 N–H and O–H groups in total. The van der Waals surface area contributed by atoms with E-state index in [0.717, 1.165) is 12.3 Å². The van der Waals surface area contributed by atoms with Crippen molar-refractivity contribution in [3.63, 3.8) is 0 Å². The van der Waals surface area contributed by atoms with Gasteiger partial charge < -0.3 is 14.6 Å². The minimum Gasteiger partial charge on any atom is -0.481 e. The third kappa shape index (κ3) is 4.68. The van der Waals surface area contributed by atoms with Crippen LogP contribution in [0.15, 0.2) is 35.4 Å². The SMILES string of the molecule is COc1ccc(C(=O)C2CCN(C(=O)CCCc3nn4cc(F)cc4c(=O)[nH]3)CC2)cn1. The molecule has 3 aromatic rings. The average molecular weight is 441 g/mol. The van der Waals surface area contributed by atoms with Crippen LogP contribution in [0.1, 0.15) is 41.9 Å². The molecule has 0 aromatic carbocycles. The van der Waals surface area contributed by atoms with E-state index in [1.807, 2.05) is 0 Å². The number of hydrogen-bond acceptors (Lipinski definition) is 6. The number of rotatable bonds is 7. The number of ketones is 1. The van der Waals surface area contributed by atoms with Crippen LogP contribution < -0.4 is 10.3 Å². The van der Waals surface area contributed by atoms with Crippen LogP contribution in [0.5, 0.6) is 5.88 Å². The molecule has 9 nitrogen and oxygen atoms in total. The van der Waals surface area contributed by atoms with Crippen molar-refractivity contribution >= 4 is 17.2 Å². The number of aromatic nitrogens is 4. The number of amides is 1. The van der Waals surface area contributed by atoms with Crippen LogP contribution in [0, 0.1) is 11.7 Å². The van der Waals surface area contributed by atoms with Gasteiger partial charge in [-0.2, -0.15) is 5.10 Å². The molecule has 0 bridgehead atoms. The molecule has 0 spiro atoms. The van der Waals surface area contributed by atoms with Crippen molar-refractivity contribution in [1.29, 1.82) is 0 Å². The van der Waals surface area contributed by atoms with Crippen molar-refractivity contribution in [2.45, 2.75) is 32.1 Å². The van der Waals surface area contributed by atoms with Crippen LogP contribution in [0.2, 0.25) is 0 Å². The maximum Gasteiger partial charge on any atom is 0.275 e. The van der Waals surface area contributed by atoms with E-state index in [-0.39, 0.29) is 23.1 Å². The number of methoxy groups -OCH3 is 1. The number of Topliss-reactive ketones (excluding diaryl/α,β-unsaturated/α-hetero) is 1. The second-order valence-electron chi connectivity index (χ2n) is 7.85. The van der Waals surface area contributed by atoms with Gasteiger partial charge in [-0.1, -0.05) is 0 Å². The zero-order valence-electron chi connectivity index (χ0n) is 17.7. The monoisotopic (exact) mass is 441 g/mol. The van der Waals surface area contributed by atoms with Gasteiger partial charge in [0.25, 0.3) is 5.56 Å². The Bertz CT molecular complexity index is 1180. The number of pyridine rings is 1. The van der Waals surface area contributed by atoms with E-state index in [9.17, 15) is 18.8 Å². The van der Waals surface area contributed by atoms with Gasteiger partial charge in [-0.3, -0.25) is 14.4 Å². The number of fused-ring (bicyclic) bond motifs is 1. The molecule has 0 atom stereocenters. The van der Waals surface area contributed by atoms with Crippen LogP contribution in [0.4, 0.5) is 4.39 Å². The summed E-state index contributed by atoms with van der Waals surface area (Å²) in [6.07, 6.45) is 5.11. The molecule has 0 aliphatic carbocycles. The lowest BCUT2D eigenvalue weighted by Gasteiger charge is -2.31. The van der Waals surface area contributed by atoms with Gasteiger partial charge in [0.1, 0.15) is 17.2 Å². The number of piperidine rings is 1. The van der Waals surface area contributed by atoms with E-state index < -0.39 is 11.4 Å². The van der Waals surface area contributed by atoms with Crippen molar-refractivity contribution in [3.8, 4) is 5.88 Å². The topological polar surface area (TPSA) is 110 Å². The first-order valence-corrected chi connectivity index (χ1v) is 10.5. The van der Waals surface area contributed by atoms with Gasteiger partial charge >= 0.3 is 0 Å². The maximum absolute atomic E-state index is 13.3. The minimum atomic E-state index is -0.527. The molecule has 4 heterocycles. The largest absolute Gasteiger partial charge is 0.481 e. The number of nitrogens with one attached hydrogen (secondary N) is 1. The first-order valence-electron chi connectivity index (χ1n) is 10.5. The Morgan fingerprint density at radius 1 is 1.28 bits per heavy atom. The smallest absolute Gasteiger partial charge is 0.275 e. The van der Waals surface area contributed by atoms with Gasteiger partial charge in [-0.25, -0.2) is 13.9 Å². The van der Waals surface area contributed by atoms with Crippen LogP contribution in [-0.4, -0.2) is 56.4 Å². The van der Waals surface area contributed by atoms with Gasteiger partial charge in [0, 0.05) is 55.7 Å². The summed E-state index contributed by atoms with van der Waals surface area (Å²) < 4.78 is 19.5. The number of ether oxygens (including phenoxy) is 1. The van der Waals surface area contributed by atoms with Crippen molar-refractivity contribution in [3.05, 3.63) is 58.2 Å². The number of likely N-dealkylation sites (tertiary alicyclic amines) is 1. The van der Waals surface area contributed by atoms with E-state index in [4.69, 9.17) is 4.74 Å². The molecule has 4 rings (SSSR count). The third-order valence-electron chi connectivity index (χ3n) is 5.74.